The summed E-state index contributed by atoms with van der Waals surface area (Å²) in [4.78, 5) is 18.2. The van der Waals surface area contributed by atoms with Crippen molar-refractivity contribution in [3.8, 4) is 0 Å². The minimum Gasteiger partial charge on any atom is -0.444 e. The SMILES string of the molecule is C/C=N/OCCN(CC)C(=O)OC(C)(C)C. The van der Waals surface area contributed by atoms with Crippen molar-refractivity contribution in [3.05, 3.63) is 0 Å². The van der Waals surface area contributed by atoms with Crippen LogP contribution in [0.5, 0.6) is 0 Å². The van der Waals surface area contributed by atoms with Crippen LogP contribution in [0.1, 0.15) is 34.6 Å². The number of oxime groups is 1. The van der Waals surface area contributed by atoms with E-state index in [0.717, 1.165) is 0 Å². The summed E-state index contributed by atoms with van der Waals surface area (Å²) in [7, 11) is 0. The second-order valence-corrected chi connectivity index (χ2v) is 4.26. The molecule has 0 fully saturated rings. The van der Waals surface area contributed by atoms with Gasteiger partial charge in [-0.2, -0.15) is 0 Å². The van der Waals surface area contributed by atoms with Gasteiger partial charge in [0, 0.05) is 12.8 Å². The van der Waals surface area contributed by atoms with Crippen LogP contribution >= 0.6 is 0 Å². The van der Waals surface area contributed by atoms with Gasteiger partial charge in [-0.25, -0.2) is 4.79 Å². The third-order valence-electron chi connectivity index (χ3n) is 1.67. The molecule has 0 saturated heterocycles. The average molecular weight is 230 g/mol. The predicted octanol–water partition coefficient (Wildman–Crippen LogP) is 2.27. The summed E-state index contributed by atoms with van der Waals surface area (Å²) in [6.07, 6.45) is 1.24. The lowest BCUT2D eigenvalue weighted by Gasteiger charge is -2.26. The summed E-state index contributed by atoms with van der Waals surface area (Å²) in [6, 6.07) is 0. The summed E-state index contributed by atoms with van der Waals surface area (Å²) in [5.41, 5.74) is -0.465. The van der Waals surface area contributed by atoms with E-state index in [2.05, 4.69) is 5.16 Å². The van der Waals surface area contributed by atoms with Crippen molar-refractivity contribution in [2.45, 2.75) is 40.2 Å². The molecular weight excluding hydrogens is 208 g/mol. The first-order chi connectivity index (χ1) is 7.40. The molecule has 0 aliphatic heterocycles. The van der Waals surface area contributed by atoms with Crippen molar-refractivity contribution in [2.24, 2.45) is 5.16 Å². The highest BCUT2D eigenvalue weighted by Crippen LogP contribution is 2.09. The molecular formula is C11H22N2O3. The van der Waals surface area contributed by atoms with E-state index in [0.29, 0.717) is 19.7 Å². The smallest absolute Gasteiger partial charge is 0.410 e. The number of carbonyl (C=O) groups excluding carboxylic acids is 1. The molecule has 5 nitrogen and oxygen atoms in total. The quantitative estimate of drug-likeness (QED) is 0.413. The van der Waals surface area contributed by atoms with E-state index in [-0.39, 0.29) is 6.09 Å². The number of rotatable bonds is 5. The van der Waals surface area contributed by atoms with Crippen LogP contribution in [0, 0.1) is 0 Å². The highest BCUT2D eigenvalue weighted by Gasteiger charge is 2.20. The molecule has 0 aromatic heterocycles. The molecule has 0 aliphatic carbocycles. The molecule has 94 valence electrons. The zero-order valence-corrected chi connectivity index (χ0v) is 10.8. The van der Waals surface area contributed by atoms with Gasteiger partial charge in [0.2, 0.25) is 0 Å². The summed E-state index contributed by atoms with van der Waals surface area (Å²) in [5.74, 6) is 0. The summed E-state index contributed by atoms with van der Waals surface area (Å²) < 4.78 is 5.24. The molecule has 0 spiro atoms. The van der Waals surface area contributed by atoms with E-state index >= 15 is 0 Å². The lowest BCUT2D eigenvalue weighted by molar-refractivity contribution is 0.0192. The lowest BCUT2D eigenvalue weighted by atomic mass is 10.2. The van der Waals surface area contributed by atoms with E-state index < -0.39 is 5.60 Å². The topological polar surface area (TPSA) is 51.1 Å². The van der Waals surface area contributed by atoms with Crippen LogP contribution in [0.3, 0.4) is 0 Å². The maximum Gasteiger partial charge on any atom is 0.410 e. The van der Waals surface area contributed by atoms with Gasteiger partial charge >= 0.3 is 6.09 Å². The van der Waals surface area contributed by atoms with Gasteiger partial charge < -0.3 is 14.5 Å². The lowest BCUT2D eigenvalue weighted by Crippen LogP contribution is -2.38. The first kappa shape index (κ1) is 14.7. The molecule has 0 heterocycles. The number of likely N-dealkylation sites (N-methyl/N-ethyl adjacent to an activating group) is 1. The van der Waals surface area contributed by atoms with Gasteiger partial charge in [-0.05, 0) is 34.6 Å². The first-order valence-corrected chi connectivity index (χ1v) is 5.48. The first-order valence-electron chi connectivity index (χ1n) is 5.48. The van der Waals surface area contributed by atoms with Gasteiger partial charge in [0.25, 0.3) is 0 Å². The maximum atomic E-state index is 11.7. The molecule has 0 aromatic rings. The van der Waals surface area contributed by atoms with Crippen molar-refractivity contribution >= 4 is 12.3 Å². The van der Waals surface area contributed by atoms with Crippen LogP contribution in [0.15, 0.2) is 5.16 Å². The van der Waals surface area contributed by atoms with Gasteiger partial charge in [0.15, 0.2) is 0 Å². The van der Waals surface area contributed by atoms with Crippen molar-refractivity contribution < 1.29 is 14.4 Å². The van der Waals surface area contributed by atoms with Crippen LogP contribution in [-0.4, -0.2) is 42.5 Å². The molecule has 16 heavy (non-hydrogen) atoms. The van der Waals surface area contributed by atoms with Crippen LogP contribution in [-0.2, 0) is 9.57 Å². The molecule has 0 N–H and O–H groups in total. The molecule has 0 saturated carbocycles. The van der Waals surface area contributed by atoms with E-state index in [1.54, 1.807) is 18.0 Å². The average Bonchev–Trinajstić information content (AvgIpc) is 2.15. The Morgan fingerprint density at radius 1 is 1.44 bits per heavy atom. The largest absolute Gasteiger partial charge is 0.444 e. The number of nitrogens with zero attached hydrogens (tertiary/aromatic N) is 2. The molecule has 1 amide bonds. The molecule has 0 atom stereocenters. The number of ether oxygens (including phenoxy) is 1. The van der Waals surface area contributed by atoms with Crippen LogP contribution < -0.4 is 0 Å². The highest BCUT2D eigenvalue weighted by molar-refractivity contribution is 5.68. The monoisotopic (exact) mass is 230 g/mol. The molecule has 0 unspecified atom stereocenters. The fraction of sp³-hybridized carbons (Fsp3) is 0.818. The van der Waals surface area contributed by atoms with E-state index in [4.69, 9.17) is 9.57 Å². The third kappa shape index (κ3) is 7.09. The number of hydrogen-bond donors (Lipinski definition) is 0. The Morgan fingerprint density at radius 2 is 2.06 bits per heavy atom. The number of hydrogen-bond acceptors (Lipinski definition) is 4. The normalized spacial score (nSPS) is 11.6. The second-order valence-electron chi connectivity index (χ2n) is 4.26. The third-order valence-corrected chi connectivity index (χ3v) is 1.67. The van der Waals surface area contributed by atoms with Crippen LogP contribution in [0.4, 0.5) is 4.79 Å². The van der Waals surface area contributed by atoms with Gasteiger partial charge in [0.05, 0.1) is 6.54 Å². The zero-order chi connectivity index (χ0) is 12.6. The Balaban J connectivity index is 4.02. The Kier molecular flexibility index (Phi) is 6.53. The summed E-state index contributed by atoms with van der Waals surface area (Å²) >= 11 is 0. The molecule has 0 rings (SSSR count). The van der Waals surface area contributed by atoms with Crippen molar-refractivity contribution in [2.75, 3.05) is 19.7 Å². The van der Waals surface area contributed by atoms with Crippen molar-refractivity contribution in [1.29, 1.82) is 0 Å². The summed E-state index contributed by atoms with van der Waals surface area (Å²) in [5, 5.41) is 3.61. The second kappa shape index (κ2) is 7.09. The van der Waals surface area contributed by atoms with Crippen LogP contribution in [0.2, 0.25) is 0 Å². The maximum absolute atomic E-state index is 11.7. The Bertz CT molecular complexity index is 234. The minimum atomic E-state index is -0.465. The van der Waals surface area contributed by atoms with E-state index in [1.807, 2.05) is 27.7 Å². The standard InChI is InChI=1S/C11H22N2O3/c1-6-12-15-9-8-13(7-2)10(14)16-11(3,4)5/h6H,7-9H2,1-5H3/b12-6+. The van der Waals surface area contributed by atoms with Crippen molar-refractivity contribution in [1.82, 2.24) is 4.90 Å². The van der Waals surface area contributed by atoms with Crippen molar-refractivity contribution in [3.63, 3.8) is 0 Å². The van der Waals surface area contributed by atoms with Gasteiger partial charge in [-0.3, -0.25) is 0 Å². The van der Waals surface area contributed by atoms with Gasteiger partial charge in [-0.1, -0.05) is 5.16 Å². The number of carbonyl (C=O) groups is 1. The minimum absolute atomic E-state index is 0.320. The fourth-order valence-electron chi connectivity index (χ4n) is 0.983. The Morgan fingerprint density at radius 3 is 2.50 bits per heavy atom. The van der Waals surface area contributed by atoms with E-state index in [1.165, 1.54) is 0 Å². The molecule has 0 aromatic carbocycles. The molecule has 5 heteroatoms. The van der Waals surface area contributed by atoms with Gasteiger partial charge in [0.1, 0.15) is 12.2 Å². The van der Waals surface area contributed by atoms with Crippen LogP contribution in [0.25, 0.3) is 0 Å². The molecule has 0 aliphatic rings. The number of amides is 1. The highest BCUT2D eigenvalue weighted by atomic mass is 16.6. The Hall–Kier alpha value is -1.26. The molecule has 0 bridgehead atoms. The predicted molar refractivity (Wildman–Crippen MR) is 63.6 cm³/mol. The van der Waals surface area contributed by atoms with E-state index in [9.17, 15) is 4.79 Å². The summed E-state index contributed by atoms with van der Waals surface area (Å²) in [6.45, 7) is 10.6. The van der Waals surface area contributed by atoms with Gasteiger partial charge in [-0.15, -0.1) is 0 Å². The Labute approximate surface area is 97.4 Å². The fourth-order valence-corrected chi connectivity index (χ4v) is 0.983. The molecule has 0 radical (unpaired) electrons. The zero-order valence-electron chi connectivity index (χ0n) is 10.8.